The molecule has 0 saturated heterocycles. The van der Waals surface area contributed by atoms with Crippen LogP contribution in [0, 0.1) is 5.92 Å². The van der Waals surface area contributed by atoms with Crippen LogP contribution >= 0.6 is 0 Å². The van der Waals surface area contributed by atoms with Crippen LogP contribution in [0.3, 0.4) is 0 Å². The molecule has 1 aliphatic rings. The molecule has 0 aromatic rings. The lowest BCUT2D eigenvalue weighted by molar-refractivity contribution is 0.511. The second kappa shape index (κ2) is 2.85. The van der Waals surface area contributed by atoms with E-state index in [0.717, 1.165) is 18.8 Å². The lowest BCUT2D eigenvalue weighted by atomic mass is 10.1. The van der Waals surface area contributed by atoms with E-state index in [4.69, 9.17) is 0 Å². The zero-order valence-electron chi connectivity index (χ0n) is 5.68. The quantitative estimate of drug-likeness (QED) is 0.545. The van der Waals surface area contributed by atoms with E-state index < -0.39 is 0 Å². The normalized spacial score (nSPS) is 34.3. The first kappa shape index (κ1) is 6.59. The summed E-state index contributed by atoms with van der Waals surface area (Å²) in [6.45, 7) is 2.21. The lowest BCUT2D eigenvalue weighted by Crippen LogP contribution is -2.24. The average molecular weight is 126 g/mol. The predicted octanol–water partition coefficient (Wildman–Crippen LogP) is 0.832. The molecule has 1 radical (unpaired) electrons. The highest BCUT2D eigenvalue weighted by atomic mass is 16.1. The van der Waals surface area contributed by atoms with Gasteiger partial charge in [0.05, 0.1) is 0 Å². The van der Waals surface area contributed by atoms with Crippen LogP contribution in [0.2, 0.25) is 0 Å². The van der Waals surface area contributed by atoms with Crippen molar-refractivity contribution in [2.45, 2.75) is 32.2 Å². The van der Waals surface area contributed by atoms with Crippen molar-refractivity contribution in [1.82, 2.24) is 5.32 Å². The van der Waals surface area contributed by atoms with Crippen molar-refractivity contribution in [2.24, 2.45) is 5.92 Å². The summed E-state index contributed by atoms with van der Waals surface area (Å²) in [5, 5.41) is 2.67. The molecule has 1 N–H and O–H groups in total. The Bertz CT molecular complexity index is 103. The number of nitrogens with one attached hydrogen (secondary N) is 1. The van der Waals surface area contributed by atoms with Gasteiger partial charge in [-0.25, -0.2) is 0 Å². The SMILES string of the molecule is CC1CCC(N[C]=O)C1. The summed E-state index contributed by atoms with van der Waals surface area (Å²) in [6.07, 6.45) is 5.25. The fourth-order valence-corrected chi connectivity index (χ4v) is 1.42. The van der Waals surface area contributed by atoms with E-state index >= 15 is 0 Å². The highest BCUT2D eigenvalue weighted by Gasteiger charge is 2.19. The van der Waals surface area contributed by atoms with Crippen molar-refractivity contribution >= 4 is 6.41 Å². The van der Waals surface area contributed by atoms with Crippen molar-refractivity contribution in [2.75, 3.05) is 0 Å². The fraction of sp³-hybridized carbons (Fsp3) is 0.857. The van der Waals surface area contributed by atoms with Gasteiger partial charge in [-0.05, 0) is 25.2 Å². The van der Waals surface area contributed by atoms with Gasteiger partial charge in [0.2, 0.25) is 0 Å². The third-order valence-corrected chi connectivity index (χ3v) is 1.96. The van der Waals surface area contributed by atoms with Crippen molar-refractivity contribution in [1.29, 1.82) is 0 Å². The van der Waals surface area contributed by atoms with Gasteiger partial charge in [-0.15, -0.1) is 0 Å². The highest BCUT2D eigenvalue weighted by molar-refractivity contribution is 5.47. The number of hydrogen-bond acceptors (Lipinski definition) is 1. The minimum atomic E-state index is 0.414. The van der Waals surface area contributed by atoms with Gasteiger partial charge in [0, 0.05) is 6.04 Å². The molecule has 1 saturated carbocycles. The van der Waals surface area contributed by atoms with Crippen molar-refractivity contribution in [3.63, 3.8) is 0 Å². The van der Waals surface area contributed by atoms with Crippen molar-refractivity contribution in [3.05, 3.63) is 0 Å². The molecule has 0 aromatic carbocycles. The molecule has 2 nitrogen and oxygen atoms in total. The minimum Gasteiger partial charge on any atom is -0.345 e. The molecule has 9 heavy (non-hydrogen) atoms. The van der Waals surface area contributed by atoms with Gasteiger partial charge in [0.15, 0.2) is 0 Å². The van der Waals surface area contributed by atoms with Gasteiger partial charge in [-0.2, -0.15) is 0 Å². The molecule has 1 aliphatic carbocycles. The smallest absolute Gasteiger partial charge is 0.309 e. The zero-order valence-corrected chi connectivity index (χ0v) is 5.68. The Morgan fingerprint density at radius 2 is 2.33 bits per heavy atom. The van der Waals surface area contributed by atoms with E-state index in [-0.39, 0.29) is 0 Å². The first-order chi connectivity index (χ1) is 4.33. The molecule has 1 rings (SSSR count). The Morgan fingerprint density at radius 1 is 1.56 bits per heavy atom. The molecule has 2 unspecified atom stereocenters. The summed E-state index contributed by atoms with van der Waals surface area (Å²) in [5.74, 6) is 0.788. The third kappa shape index (κ3) is 1.70. The third-order valence-electron chi connectivity index (χ3n) is 1.96. The van der Waals surface area contributed by atoms with Crippen LogP contribution in [0.5, 0.6) is 0 Å². The van der Waals surface area contributed by atoms with E-state index in [0.29, 0.717) is 6.04 Å². The maximum atomic E-state index is 9.83. The molecule has 51 valence electrons. The van der Waals surface area contributed by atoms with E-state index in [9.17, 15) is 4.79 Å². The summed E-state index contributed by atoms with van der Waals surface area (Å²) in [5.41, 5.74) is 0. The summed E-state index contributed by atoms with van der Waals surface area (Å²) in [6, 6.07) is 0.414. The molecular weight excluding hydrogens is 114 g/mol. The highest BCUT2D eigenvalue weighted by Crippen LogP contribution is 2.23. The number of carbonyl (C=O) groups excluding carboxylic acids is 1. The Balaban J connectivity index is 2.21. The summed E-state index contributed by atoms with van der Waals surface area (Å²) in [4.78, 5) is 9.83. The van der Waals surface area contributed by atoms with E-state index in [2.05, 4.69) is 12.2 Å². The lowest BCUT2D eigenvalue weighted by Gasteiger charge is -2.04. The van der Waals surface area contributed by atoms with E-state index in [1.165, 1.54) is 6.42 Å². The number of rotatable bonds is 2. The first-order valence-corrected chi connectivity index (χ1v) is 3.45. The van der Waals surface area contributed by atoms with E-state index in [1.54, 1.807) is 6.41 Å². The van der Waals surface area contributed by atoms with Crippen LogP contribution in [0.4, 0.5) is 0 Å². The Kier molecular flexibility index (Phi) is 2.09. The first-order valence-electron chi connectivity index (χ1n) is 3.45. The van der Waals surface area contributed by atoms with Crippen LogP contribution in [0.15, 0.2) is 0 Å². The van der Waals surface area contributed by atoms with Gasteiger partial charge in [0.25, 0.3) is 0 Å². The molecule has 0 bridgehead atoms. The summed E-state index contributed by atoms with van der Waals surface area (Å²) in [7, 11) is 0. The van der Waals surface area contributed by atoms with Crippen LogP contribution < -0.4 is 5.32 Å². The second-order valence-electron chi connectivity index (χ2n) is 2.86. The van der Waals surface area contributed by atoms with Gasteiger partial charge in [-0.3, -0.25) is 4.79 Å². The van der Waals surface area contributed by atoms with Crippen LogP contribution in [-0.2, 0) is 4.79 Å². The molecule has 1 amide bonds. The molecule has 1 fully saturated rings. The largest absolute Gasteiger partial charge is 0.345 e. The topological polar surface area (TPSA) is 29.1 Å². The van der Waals surface area contributed by atoms with Gasteiger partial charge >= 0.3 is 6.41 Å². The molecular formula is C7H12NO. The molecule has 0 aliphatic heterocycles. The Labute approximate surface area is 55.6 Å². The number of amides is 1. The maximum absolute atomic E-state index is 9.83. The van der Waals surface area contributed by atoms with Crippen molar-refractivity contribution in [3.8, 4) is 0 Å². The second-order valence-corrected chi connectivity index (χ2v) is 2.86. The van der Waals surface area contributed by atoms with Crippen LogP contribution in [0.25, 0.3) is 0 Å². The fourth-order valence-electron chi connectivity index (χ4n) is 1.42. The minimum absolute atomic E-state index is 0.414. The summed E-state index contributed by atoms with van der Waals surface area (Å²) < 4.78 is 0. The zero-order chi connectivity index (χ0) is 6.69. The van der Waals surface area contributed by atoms with Crippen LogP contribution in [-0.4, -0.2) is 12.5 Å². The molecule has 0 heterocycles. The standard InChI is InChI=1S/C7H12NO/c1-6-2-3-7(4-6)8-5-9/h6-7H,2-4H2,1H3,(H,8,9). The maximum Gasteiger partial charge on any atom is 0.309 e. The van der Waals surface area contributed by atoms with Gasteiger partial charge in [0.1, 0.15) is 0 Å². The van der Waals surface area contributed by atoms with E-state index in [1.807, 2.05) is 0 Å². The average Bonchev–Trinajstić information content (AvgIpc) is 2.17. The van der Waals surface area contributed by atoms with Crippen LogP contribution in [0.1, 0.15) is 26.2 Å². The Hall–Kier alpha value is -0.530. The summed E-state index contributed by atoms with van der Waals surface area (Å²) >= 11 is 0. The predicted molar refractivity (Wildman–Crippen MR) is 35.6 cm³/mol. The van der Waals surface area contributed by atoms with Crippen molar-refractivity contribution < 1.29 is 4.79 Å². The molecule has 0 spiro atoms. The number of hydrogen-bond donors (Lipinski definition) is 1. The molecule has 2 atom stereocenters. The molecule has 0 aromatic heterocycles. The Morgan fingerprint density at radius 3 is 2.78 bits per heavy atom. The van der Waals surface area contributed by atoms with Gasteiger partial charge in [-0.1, -0.05) is 6.92 Å². The molecule has 2 heteroatoms. The monoisotopic (exact) mass is 126 g/mol. The van der Waals surface area contributed by atoms with Gasteiger partial charge < -0.3 is 5.32 Å².